The van der Waals surface area contributed by atoms with Crippen LogP contribution in [0.4, 0.5) is 0 Å². The molecule has 0 aromatic rings. The molecule has 1 aliphatic rings. The number of rotatable bonds is 4. The third-order valence-corrected chi connectivity index (χ3v) is 3.20. The van der Waals surface area contributed by atoms with Gasteiger partial charge in [-0.2, -0.15) is 0 Å². The number of carbonyl (C=O) groups is 1. The van der Waals surface area contributed by atoms with E-state index in [1.807, 2.05) is 6.92 Å². The van der Waals surface area contributed by atoms with E-state index < -0.39 is 0 Å². The molecule has 0 bridgehead atoms. The lowest BCUT2D eigenvalue weighted by Gasteiger charge is -2.29. The summed E-state index contributed by atoms with van der Waals surface area (Å²) in [6, 6.07) is 0.684. The maximum absolute atomic E-state index is 11.5. The lowest BCUT2D eigenvalue weighted by atomic mass is 9.92. The monoisotopic (exact) mass is 228 g/mol. The van der Waals surface area contributed by atoms with E-state index in [9.17, 15) is 9.90 Å². The van der Waals surface area contributed by atoms with Gasteiger partial charge < -0.3 is 15.3 Å². The molecule has 1 amide bonds. The molecule has 1 unspecified atom stereocenters. The van der Waals surface area contributed by atoms with Gasteiger partial charge in [0.2, 0.25) is 5.91 Å². The Kier molecular flexibility index (Phi) is 5.22. The number of amides is 1. The van der Waals surface area contributed by atoms with Crippen LogP contribution in [-0.2, 0) is 4.79 Å². The molecule has 4 nitrogen and oxygen atoms in total. The second kappa shape index (κ2) is 6.21. The maximum atomic E-state index is 11.5. The fourth-order valence-electron chi connectivity index (χ4n) is 2.15. The minimum atomic E-state index is -0.114. The van der Waals surface area contributed by atoms with Crippen LogP contribution in [0.5, 0.6) is 0 Å². The molecule has 94 valence electrons. The highest BCUT2D eigenvalue weighted by Crippen LogP contribution is 2.18. The number of aliphatic hydroxyl groups excluding tert-OH is 1. The Morgan fingerprint density at radius 2 is 1.94 bits per heavy atom. The summed E-state index contributed by atoms with van der Waals surface area (Å²) in [4.78, 5) is 13.1. The van der Waals surface area contributed by atoms with Crippen LogP contribution in [0.2, 0.25) is 0 Å². The van der Waals surface area contributed by atoms with Crippen molar-refractivity contribution in [2.75, 3.05) is 14.1 Å². The standard InChI is InChI=1S/C12H24N2O2/c1-9(8-12(16)14(2)3)13-10-4-6-11(15)7-5-10/h9-11,13,15H,4-8H2,1-3H3. The molecule has 1 fully saturated rings. The Morgan fingerprint density at radius 3 is 2.44 bits per heavy atom. The van der Waals surface area contributed by atoms with Gasteiger partial charge in [0, 0.05) is 32.6 Å². The minimum absolute atomic E-state index is 0.114. The third-order valence-electron chi connectivity index (χ3n) is 3.20. The van der Waals surface area contributed by atoms with Gasteiger partial charge in [-0.15, -0.1) is 0 Å². The highest BCUT2D eigenvalue weighted by Gasteiger charge is 2.21. The van der Waals surface area contributed by atoms with Crippen LogP contribution in [0, 0.1) is 0 Å². The van der Waals surface area contributed by atoms with Crippen molar-refractivity contribution >= 4 is 5.91 Å². The van der Waals surface area contributed by atoms with Gasteiger partial charge in [-0.3, -0.25) is 4.79 Å². The average molecular weight is 228 g/mol. The summed E-state index contributed by atoms with van der Waals surface area (Å²) < 4.78 is 0. The Morgan fingerprint density at radius 1 is 1.38 bits per heavy atom. The second-order valence-electron chi connectivity index (χ2n) is 5.07. The summed E-state index contributed by atoms with van der Waals surface area (Å²) in [5.41, 5.74) is 0. The largest absolute Gasteiger partial charge is 0.393 e. The molecule has 16 heavy (non-hydrogen) atoms. The van der Waals surface area contributed by atoms with Gasteiger partial charge in [0.25, 0.3) is 0 Å². The number of carbonyl (C=O) groups excluding carboxylic acids is 1. The van der Waals surface area contributed by atoms with Crippen molar-refractivity contribution in [1.82, 2.24) is 10.2 Å². The summed E-state index contributed by atoms with van der Waals surface area (Å²) in [6.07, 6.45) is 4.23. The lowest BCUT2D eigenvalue weighted by molar-refractivity contribution is -0.129. The molecule has 0 aromatic heterocycles. The Hall–Kier alpha value is -0.610. The molecular weight excluding hydrogens is 204 g/mol. The fraction of sp³-hybridized carbons (Fsp3) is 0.917. The molecule has 1 aliphatic carbocycles. The highest BCUT2D eigenvalue weighted by atomic mass is 16.3. The molecule has 4 heteroatoms. The van der Waals surface area contributed by atoms with E-state index in [1.165, 1.54) is 0 Å². The Bertz CT molecular complexity index is 223. The first-order chi connectivity index (χ1) is 7.49. The van der Waals surface area contributed by atoms with Crippen LogP contribution in [0.3, 0.4) is 0 Å². The van der Waals surface area contributed by atoms with E-state index in [0.29, 0.717) is 12.5 Å². The van der Waals surface area contributed by atoms with Crippen molar-refractivity contribution in [1.29, 1.82) is 0 Å². The predicted octanol–water partition coefficient (Wildman–Crippen LogP) is 0.746. The Labute approximate surface area is 98.0 Å². The lowest BCUT2D eigenvalue weighted by Crippen LogP contribution is -2.42. The van der Waals surface area contributed by atoms with Crippen molar-refractivity contribution in [3.63, 3.8) is 0 Å². The third kappa shape index (κ3) is 4.49. The van der Waals surface area contributed by atoms with E-state index in [2.05, 4.69) is 5.32 Å². The normalized spacial score (nSPS) is 27.5. The van der Waals surface area contributed by atoms with E-state index in [0.717, 1.165) is 25.7 Å². The quantitative estimate of drug-likeness (QED) is 0.746. The zero-order chi connectivity index (χ0) is 12.1. The van der Waals surface area contributed by atoms with Crippen LogP contribution in [0.1, 0.15) is 39.0 Å². The van der Waals surface area contributed by atoms with E-state index >= 15 is 0 Å². The second-order valence-corrected chi connectivity index (χ2v) is 5.07. The summed E-state index contributed by atoms with van der Waals surface area (Å²) in [5, 5.41) is 12.9. The first kappa shape index (κ1) is 13.5. The molecule has 1 atom stereocenters. The molecule has 2 N–H and O–H groups in total. The molecule has 1 saturated carbocycles. The topological polar surface area (TPSA) is 52.6 Å². The number of aliphatic hydroxyl groups is 1. The van der Waals surface area contributed by atoms with Crippen molar-refractivity contribution in [3.05, 3.63) is 0 Å². The van der Waals surface area contributed by atoms with Crippen LogP contribution >= 0.6 is 0 Å². The van der Waals surface area contributed by atoms with Crippen molar-refractivity contribution in [2.45, 2.75) is 57.2 Å². The van der Waals surface area contributed by atoms with E-state index in [4.69, 9.17) is 0 Å². The van der Waals surface area contributed by atoms with Crippen molar-refractivity contribution in [2.24, 2.45) is 0 Å². The number of nitrogens with one attached hydrogen (secondary N) is 1. The average Bonchev–Trinajstić information content (AvgIpc) is 2.21. The van der Waals surface area contributed by atoms with Crippen LogP contribution < -0.4 is 5.32 Å². The van der Waals surface area contributed by atoms with Crippen LogP contribution in [0.25, 0.3) is 0 Å². The molecule has 0 aliphatic heterocycles. The molecule has 0 spiro atoms. The van der Waals surface area contributed by atoms with Crippen LogP contribution in [-0.4, -0.2) is 48.2 Å². The highest BCUT2D eigenvalue weighted by molar-refractivity contribution is 5.76. The van der Waals surface area contributed by atoms with Crippen LogP contribution in [0.15, 0.2) is 0 Å². The number of hydrogen-bond acceptors (Lipinski definition) is 3. The van der Waals surface area contributed by atoms with Crippen molar-refractivity contribution in [3.8, 4) is 0 Å². The SMILES string of the molecule is CC(CC(=O)N(C)C)NC1CCC(O)CC1. The first-order valence-electron chi connectivity index (χ1n) is 6.13. The predicted molar refractivity (Wildman–Crippen MR) is 64.2 cm³/mol. The fourth-order valence-corrected chi connectivity index (χ4v) is 2.15. The van der Waals surface area contributed by atoms with Gasteiger partial charge in [0.15, 0.2) is 0 Å². The van der Waals surface area contributed by atoms with Gasteiger partial charge in [0.05, 0.1) is 6.10 Å². The number of hydrogen-bond donors (Lipinski definition) is 2. The minimum Gasteiger partial charge on any atom is -0.393 e. The van der Waals surface area contributed by atoms with Gasteiger partial charge in [-0.25, -0.2) is 0 Å². The molecule has 0 heterocycles. The van der Waals surface area contributed by atoms with Gasteiger partial charge in [-0.05, 0) is 32.6 Å². The maximum Gasteiger partial charge on any atom is 0.223 e. The summed E-state index contributed by atoms with van der Waals surface area (Å²) >= 11 is 0. The van der Waals surface area contributed by atoms with Gasteiger partial charge >= 0.3 is 0 Å². The van der Waals surface area contributed by atoms with E-state index in [-0.39, 0.29) is 18.1 Å². The smallest absolute Gasteiger partial charge is 0.223 e. The summed E-state index contributed by atoms with van der Waals surface area (Å²) in [7, 11) is 3.57. The van der Waals surface area contributed by atoms with E-state index in [1.54, 1.807) is 19.0 Å². The molecular formula is C12H24N2O2. The van der Waals surface area contributed by atoms with Gasteiger partial charge in [0.1, 0.15) is 0 Å². The summed E-state index contributed by atoms with van der Waals surface area (Å²) in [5.74, 6) is 0.163. The molecule has 0 aromatic carbocycles. The zero-order valence-electron chi connectivity index (χ0n) is 10.6. The molecule has 0 saturated heterocycles. The number of nitrogens with zero attached hydrogens (tertiary/aromatic N) is 1. The summed E-state index contributed by atoms with van der Waals surface area (Å²) in [6.45, 7) is 2.05. The Balaban J connectivity index is 2.23. The first-order valence-corrected chi connectivity index (χ1v) is 6.13. The van der Waals surface area contributed by atoms with Crippen molar-refractivity contribution < 1.29 is 9.90 Å². The molecule has 0 radical (unpaired) electrons. The zero-order valence-corrected chi connectivity index (χ0v) is 10.6. The van der Waals surface area contributed by atoms with Gasteiger partial charge in [-0.1, -0.05) is 0 Å². The molecule has 1 rings (SSSR count).